The molecule has 0 bridgehead atoms. The van der Waals surface area contributed by atoms with Crippen molar-refractivity contribution in [2.75, 3.05) is 20.3 Å². The fourth-order valence-electron chi connectivity index (χ4n) is 1.04. The molecule has 2 nitrogen and oxygen atoms in total. The third-order valence-electron chi connectivity index (χ3n) is 2.44. The third kappa shape index (κ3) is 7.83. The molecule has 0 aromatic heterocycles. The van der Waals surface area contributed by atoms with Crippen molar-refractivity contribution in [3.8, 4) is 0 Å². The molecule has 0 aliphatic heterocycles. The zero-order chi connectivity index (χ0) is 12.4. The molecule has 0 spiro atoms. The standard InChI is InChI=1S/C13H24O2S/c1-5-12(15-11-10-14-4)8-7-9-13(3,16)6-2/h5,7-8,16H,6,9-11H2,1-4H3. The Balaban J connectivity index is 3.99. The zero-order valence-corrected chi connectivity index (χ0v) is 11.7. The minimum absolute atomic E-state index is 0.0713. The van der Waals surface area contributed by atoms with Gasteiger partial charge < -0.3 is 9.47 Å². The molecule has 16 heavy (non-hydrogen) atoms. The van der Waals surface area contributed by atoms with Crippen LogP contribution in [0.25, 0.3) is 0 Å². The van der Waals surface area contributed by atoms with E-state index in [9.17, 15) is 0 Å². The lowest BCUT2D eigenvalue weighted by atomic mass is 10.0. The molecule has 0 radical (unpaired) electrons. The van der Waals surface area contributed by atoms with Crippen molar-refractivity contribution >= 4 is 12.6 Å². The van der Waals surface area contributed by atoms with Crippen LogP contribution < -0.4 is 0 Å². The van der Waals surface area contributed by atoms with E-state index in [-0.39, 0.29) is 4.75 Å². The lowest BCUT2D eigenvalue weighted by Gasteiger charge is -2.18. The van der Waals surface area contributed by atoms with Gasteiger partial charge in [-0.1, -0.05) is 19.9 Å². The number of thiol groups is 1. The molecule has 1 unspecified atom stereocenters. The molecule has 0 aromatic rings. The lowest BCUT2D eigenvalue weighted by molar-refractivity contribution is 0.114. The zero-order valence-electron chi connectivity index (χ0n) is 10.8. The summed E-state index contributed by atoms with van der Waals surface area (Å²) in [7, 11) is 1.67. The predicted octanol–water partition coefficient (Wildman–Crippen LogP) is 3.60. The van der Waals surface area contributed by atoms with Gasteiger partial charge in [0.1, 0.15) is 12.4 Å². The summed E-state index contributed by atoms with van der Waals surface area (Å²) in [5.74, 6) is 0.886. The summed E-state index contributed by atoms with van der Waals surface area (Å²) in [6, 6.07) is 0. The van der Waals surface area contributed by atoms with Crippen LogP contribution in [0.4, 0.5) is 0 Å². The fraction of sp³-hybridized carbons (Fsp3) is 0.692. The van der Waals surface area contributed by atoms with Crippen molar-refractivity contribution in [3.63, 3.8) is 0 Å². The van der Waals surface area contributed by atoms with Gasteiger partial charge in [0.05, 0.1) is 6.61 Å². The van der Waals surface area contributed by atoms with Gasteiger partial charge in [-0.2, -0.15) is 12.6 Å². The first kappa shape index (κ1) is 15.6. The van der Waals surface area contributed by atoms with Gasteiger partial charge in [-0.3, -0.25) is 0 Å². The summed E-state index contributed by atoms with van der Waals surface area (Å²) in [5, 5.41) is 0. The maximum absolute atomic E-state index is 5.50. The summed E-state index contributed by atoms with van der Waals surface area (Å²) in [4.78, 5) is 0. The number of hydrogen-bond donors (Lipinski definition) is 1. The van der Waals surface area contributed by atoms with Gasteiger partial charge in [-0.25, -0.2) is 0 Å². The van der Waals surface area contributed by atoms with Gasteiger partial charge in [-0.15, -0.1) is 0 Å². The predicted molar refractivity (Wildman–Crippen MR) is 73.0 cm³/mol. The van der Waals surface area contributed by atoms with Crippen LogP contribution in [-0.2, 0) is 9.47 Å². The molecule has 0 rings (SSSR count). The van der Waals surface area contributed by atoms with Gasteiger partial charge in [0, 0.05) is 11.9 Å². The van der Waals surface area contributed by atoms with Crippen LogP contribution in [0.3, 0.4) is 0 Å². The van der Waals surface area contributed by atoms with E-state index in [2.05, 4.69) is 32.6 Å². The molecule has 94 valence electrons. The van der Waals surface area contributed by atoms with Crippen LogP contribution in [0.5, 0.6) is 0 Å². The molecule has 1 atom stereocenters. The van der Waals surface area contributed by atoms with Gasteiger partial charge in [0.25, 0.3) is 0 Å². The molecule has 3 heteroatoms. The van der Waals surface area contributed by atoms with Crippen molar-refractivity contribution in [2.45, 2.75) is 38.4 Å². The fourth-order valence-corrected chi connectivity index (χ4v) is 1.15. The molecular weight excluding hydrogens is 220 g/mol. The van der Waals surface area contributed by atoms with Crippen molar-refractivity contribution in [1.82, 2.24) is 0 Å². The first-order valence-corrected chi connectivity index (χ1v) is 6.17. The molecule has 0 saturated carbocycles. The highest BCUT2D eigenvalue weighted by Gasteiger charge is 2.13. The van der Waals surface area contributed by atoms with Crippen molar-refractivity contribution < 1.29 is 9.47 Å². The SMILES string of the molecule is CC=C(C=CCC(C)(S)CC)OCCOC. The first-order valence-electron chi connectivity index (χ1n) is 5.72. The maximum atomic E-state index is 5.50. The third-order valence-corrected chi connectivity index (χ3v) is 2.94. The van der Waals surface area contributed by atoms with Crippen LogP contribution in [-0.4, -0.2) is 25.1 Å². The second-order valence-electron chi connectivity index (χ2n) is 3.99. The maximum Gasteiger partial charge on any atom is 0.114 e. The Kier molecular flexibility index (Phi) is 8.49. The Bertz CT molecular complexity index is 232. The van der Waals surface area contributed by atoms with Gasteiger partial charge in [0.15, 0.2) is 0 Å². The minimum atomic E-state index is 0.0713. The minimum Gasteiger partial charge on any atom is -0.492 e. The Labute approximate surface area is 105 Å². The largest absolute Gasteiger partial charge is 0.492 e. The highest BCUT2D eigenvalue weighted by Crippen LogP contribution is 2.23. The second kappa shape index (κ2) is 8.71. The Morgan fingerprint density at radius 1 is 1.38 bits per heavy atom. The highest BCUT2D eigenvalue weighted by molar-refractivity contribution is 7.81. The Hall–Kier alpha value is -0.410. The van der Waals surface area contributed by atoms with Crippen LogP contribution in [0.1, 0.15) is 33.6 Å². The average molecular weight is 244 g/mol. The van der Waals surface area contributed by atoms with Crippen molar-refractivity contribution in [1.29, 1.82) is 0 Å². The lowest BCUT2D eigenvalue weighted by Crippen LogP contribution is -2.12. The molecule has 0 heterocycles. The van der Waals surface area contributed by atoms with Crippen molar-refractivity contribution in [3.05, 3.63) is 24.0 Å². The Morgan fingerprint density at radius 3 is 2.56 bits per heavy atom. The van der Waals surface area contributed by atoms with Crippen LogP contribution in [0.15, 0.2) is 24.0 Å². The first-order chi connectivity index (χ1) is 7.55. The highest BCUT2D eigenvalue weighted by atomic mass is 32.1. The van der Waals surface area contributed by atoms with E-state index in [1.54, 1.807) is 7.11 Å². The van der Waals surface area contributed by atoms with Crippen LogP contribution in [0.2, 0.25) is 0 Å². The number of ether oxygens (including phenoxy) is 2. The number of hydrogen-bond acceptors (Lipinski definition) is 3. The van der Waals surface area contributed by atoms with Crippen molar-refractivity contribution in [2.24, 2.45) is 0 Å². The normalized spacial score (nSPS) is 16.4. The molecule has 0 aliphatic carbocycles. The molecule has 0 aromatic carbocycles. The number of methoxy groups -OCH3 is 1. The molecule has 0 saturated heterocycles. The van der Waals surface area contributed by atoms with E-state index < -0.39 is 0 Å². The van der Waals surface area contributed by atoms with E-state index in [0.717, 1.165) is 18.6 Å². The van der Waals surface area contributed by atoms with Gasteiger partial charge >= 0.3 is 0 Å². The average Bonchev–Trinajstić information content (AvgIpc) is 2.27. The quantitative estimate of drug-likeness (QED) is 0.304. The molecule has 0 aliphatic rings. The summed E-state index contributed by atoms with van der Waals surface area (Å²) < 4.78 is 10.5. The molecule has 0 fully saturated rings. The summed E-state index contributed by atoms with van der Waals surface area (Å²) >= 11 is 4.57. The molecule has 0 amide bonds. The van der Waals surface area contributed by atoms with E-state index in [1.807, 2.05) is 19.1 Å². The second-order valence-corrected chi connectivity index (χ2v) is 5.07. The number of rotatable bonds is 8. The number of allylic oxidation sites excluding steroid dienone is 3. The van der Waals surface area contributed by atoms with Gasteiger partial charge in [0.2, 0.25) is 0 Å². The summed E-state index contributed by atoms with van der Waals surface area (Å²) in [5.41, 5.74) is 0. The van der Waals surface area contributed by atoms with Crippen LogP contribution >= 0.6 is 12.6 Å². The van der Waals surface area contributed by atoms with Gasteiger partial charge in [-0.05, 0) is 31.9 Å². The summed E-state index contributed by atoms with van der Waals surface area (Å²) in [6.45, 7) is 7.46. The topological polar surface area (TPSA) is 18.5 Å². The Morgan fingerprint density at radius 2 is 2.06 bits per heavy atom. The molecule has 0 N–H and O–H groups in total. The molecular formula is C13H24O2S. The summed E-state index contributed by atoms with van der Waals surface area (Å²) in [6.07, 6.45) is 8.06. The van der Waals surface area contributed by atoms with E-state index in [4.69, 9.17) is 9.47 Å². The van der Waals surface area contributed by atoms with E-state index in [0.29, 0.717) is 13.2 Å². The monoisotopic (exact) mass is 244 g/mol. The van der Waals surface area contributed by atoms with E-state index in [1.165, 1.54) is 0 Å². The van der Waals surface area contributed by atoms with E-state index >= 15 is 0 Å². The van der Waals surface area contributed by atoms with Crippen LogP contribution in [0, 0.1) is 0 Å². The smallest absolute Gasteiger partial charge is 0.114 e.